The van der Waals surface area contributed by atoms with E-state index in [1.54, 1.807) is 6.20 Å². The van der Waals surface area contributed by atoms with E-state index < -0.39 is 20.6 Å². The van der Waals surface area contributed by atoms with Crippen molar-refractivity contribution in [3.8, 4) is 11.4 Å². The molecule has 1 aliphatic rings. The Morgan fingerprint density at radius 2 is 1.61 bits per heavy atom. The molecule has 2 heterocycles. The Labute approximate surface area is 180 Å². The fraction of sp³-hybridized carbons (Fsp3) is 0.286. The van der Waals surface area contributed by atoms with Crippen LogP contribution in [0.25, 0.3) is 11.4 Å². The predicted molar refractivity (Wildman–Crippen MR) is 116 cm³/mol. The second-order valence-electron chi connectivity index (χ2n) is 7.28. The smallest absolute Gasteiger partial charge is 0.289 e. The number of nitro benzene ring substituents is 1. The predicted octanol–water partition coefficient (Wildman–Crippen LogP) is 2.46. The number of aromatic nitrogens is 2. The monoisotopic (exact) mass is 441 g/mol. The van der Waals surface area contributed by atoms with Crippen LogP contribution in [0.2, 0.25) is 0 Å². The number of hydrogen-bond acceptors (Lipinski definition) is 6. The van der Waals surface area contributed by atoms with E-state index in [0.29, 0.717) is 26.2 Å². The van der Waals surface area contributed by atoms with Crippen molar-refractivity contribution in [3.63, 3.8) is 0 Å². The van der Waals surface area contributed by atoms with Gasteiger partial charge >= 0.3 is 0 Å². The lowest BCUT2D eigenvalue weighted by Crippen LogP contribution is -2.49. The molecule has 0 atom stereocenters. The third-order valence-electron chi connectivity index (χ3n) is 5.42. The Kier molecular flexibility index (Phi) is 6.12. The van der Waals surface area contributed by atoms with Crippen molar-refractivity contribution in [2.24, 2.45) is 0 Å². The van der Waals surface area contributed by atoms with Gasteiger partial charge in [-0.3, -0.25) is 15.0 Å². The van der Waals surface area contributed by atoms with Crippen molar-refractivity contribution >= 4 is 15.7 Å². The molecule has 10 heteroatoms. The number of sulfonamides is 1. The van der Waals surface area contributed by atoms with Gasteiger partial charge in [0.15, 0.2) is 4.90 Å². The highest BCUT2D eigenvalue weighted by Gasteiger charge is 2.33. The van der Waals surface area contributed by atoms with Gasteiger partial charge in [-0.05, 0) is 6.07 Å². The van der Waals surface area contributed by atoms with Crippen molar-refractivity contribution < 1.29 is 13.3 Å². The molecule has 4 rings (SSSR count). The van der Waals surface area contributed by atoms with Crippen molar-refractivity contribution in [1.82, 2.24) is 18.8 Å². The molecule has 1 fully saturated rings. The zero-order valence-corrected chi connectivity index (χ0v) is 17.7. The van der Waals surface area contributed by atoms with Gasteiger partial charge in [-0.1, -0.05) is 42.5 Å². The highest BCUT2D eigenvalue weighted by Crippen LogP contribution is 2.27. The molecule has 0 unspecified atom stereocenters. The summed E-state index contributed by atoms with van der Waals surface area (Å²) in [7, 11) is -3.91. The lowest BCUT2D eigenvalue weighted by Gasteiger charge is -2.34. The Balaban J connectivity index is 1.38. The normalized spacial score (nSPS) is 15.7. The summed E-state index contributed by atoms with van der Waals surface area (Å²) < 4.78 is 29.3. The number of hydrogen-bond donors (Lipinski definition) is 0. The molecule has 0 spiro atoms. The van der Waals surface area contributed by atoms with Crippen LogP contribution in [0.3, 0.4) is 0 Å². The van der Waals surface area contributed by atoms with E-state index in [9.17, 15) is 18.5 Å². The Morgan fingerprint density at radius 3 is 2.32 bits per heavy atom. The topological polar surface area (TPSA) is 102 Å². The van der Waals surface area contributed by atoms with Gasteiger partial charge in [0.1, 0.15) is 5.82 Å². The maximum atomic E-state index is 13.0. The summed E-state index contributed by atoms with van der Waals surface area (Å²) in [6.07, 6.45) is 3.72. The largest absolute Gasteiger partial charge is 0.330 e. The molecule has 3 aromatic rings. The van der Waals surface area contributed by atoms with Crippen molar-refractivity contribution in [2.75, 3.05) is 32.7 Å². The molecule has 0 amide bonds. The van der Waals surface area contributed by atoms with E-state index in [1.807, 2.05) is 36.5 Å². The van der Waals surface area contributed by atoms with E-state index >= 15 is 0 Å². The zero-order valence-electron chi connectivity index (χ0n) is 16.9. The van der Waals surface area contributed by atoms with Gasteiger partial charge in [-0.15, -0.1) is 0 Å². The molecule has 0 radical (unpaired) electrons. The van der Waals surface area contributed by atoms with Crippen LogP contribution in [0, 0.1) is 10.1 Å². The maximum absolute atomic E-state index is 13.0. The van der Waals surface area contributed by atoms with E-state index in [0.717, 1.165) is 24.5 Å². The molecule has 0 N–H and O–H groups in total. The summed E-state index contributed by atoms with van der Waals surface area (Å²) in [6, 6.07) is 15.4. The lowest BCUT2D eigenvalue weighted by molar-refractivity contribution is -0.387. The van der Waals surface area contributed by atoms with Crippen LogP contribution in [-0.4, -0.2) is 64.8 Å². The van der Waals surface area contributed by atoms with Crippen LogP contribution in [0.4, 0.5) is 5.69 Å². The second-order valence-corrected chi connectivity index (χ2v) is 9.19. The molecule has 0 aliphatic carbocycles. The highest BCUT2D eigenvalue weighted by atomic mass is 32.2. The third kappa shape index (κ3) is 4.50. The molecule has 1 aliphatic heterocycles. The van der Waals surface area contributed by atoms with Crippen LogP contribution in [0.5, 0.6) is 0 Å². The molecule has 31 heavy (non-hydrogen) atoms. The van der Waals surface area contributed by atoms with Gasteiger partial charge in [0.05, 0.1) is 4.92 Å². The molecular weight excluding hydrogens is 418 g/mol. The van der Waals surface area contributed by atoms with Crippen LogP contribution in [-0.2, 0) is 16.6 Å². The standard InChI is InChI=1S/C21H23N5O4S/c27-26(28)19-8-4-5-9-20(19)31(29,30)25-16-13-23(14-17-25)12-15-24-11-10-22-21(24)18-6-2-1-3-7-18/h1-11H,12-17H2. The van der Waals surface area contributed by atoms with Crippen molar-refractivity contribution in [1.29, 1.82) is 0 Å². The van der Waals surface area contributed by atoms with Crippen LogP contribution in [0.15, 0.2) is 71.9 Å². The number of para-hydroxylation sites is 1. The van der Waals surface area contributed by atoms with E-state index in [4.69, 9.17) is 0 Å². The summed E-state index contributed by atoms with van der Waals surface area (Å²) >= 11 is 0. The van der Waals surface area contributed by atoms with E-state index in [1.165, 1.54) is 28.6 Å². The minimum absolute atomic E-state index is 0.251. The summed E-state index contributed by atoms with van der Waals surface area (Å²) in [6.45, 7) is 3.22. The number of nitro groups is 1. The SMILES string of the molecule is O=[N+]([O-])c1ccccc1S(=O)(=O)N1CCN(CCn2ccnc2-c2ccccc2)CC1. The summed E-state index contributed by atoms with van der Waals surface area (Å²) in [4.78, 5) is 17.0. The van der Waals surface area contributed by atoms with Gasteiger partial charge < -0.3 is 4.57 Å². The Morgan fingerprint density at radius 1 is 0.935 bits per heavy atom. The average Bonchev–Trinajstić information content (AvgIpc) is 3.27. The molecule has 0 bridgehead atoms. The van der Waals surface area contributed by atoms with Gasteiger partial charge in [-0.2, -0.15) is 4.31 Å². The fourth-order valence-electron chi connectivity index (χ4n) is 3.75. The molecule has 0 saturated carbocycles. The molecule has 1 saturated heterocycles. The Hall–Kier alpha value is -3.08. The van der Waals surface area contributed by atoms with Gasteiger partial charge in [0.25, 0.3) is 5.69 Å². The van der Waals surface area contributed by atoms with Crippen molar-refractivity contribution in [3.05, 3.63) is 77.1 Å². The Bertz CT molecular complexity index is 1160. The van der Waals surface area contributed by atoms with E-state index in [2.05, 4.69) is 14.5 Å². The number of imidazole rings is 1. The first-order chi connectivity index (χ1) is 15.0. The average molecular weight is 442 g/mol. The minimum Gasteiger partial charge on any atom is -0.330 e. The first-order valence-electron chi connectivity index (χ1n) is 9.99. The molecule has 162 valence electrons. The lowest BCUT2D eigenvalue weighted by atomic mass is 10.2. The summed E-state index contributed by atoms with van der Waals surface area (Å²) in [5.41, 5.74) is 0.659. The van der Waals surface area contributed by atoms with Gasteiger partial charge in [0, 0.05) is 63.3 Å². The third-order valence-corrected chi connectivity index (χ3v) is 7.36. The van der Waals surface area contributed by atoms with Crippen LogP contribution < -0.4 is 0 Å². The van der Waals surface area contributed by atoms with Crippen LogP contribution >= 0.6 is 0 Å². The van der Waals surface area contributed by atoms with Crippen molar-refractivity contribution in [2.45, 2.75) is 11.4 Å². The number of benzene rings is 2. The molecule has 1 aromatic heterocycles. The maximum Gasteiger partial charge on any atom is 0.289 e. The van der Waals surface area contributed by atoms with E-state index in [-0.39, 0.29) is 4.90 Å². The highest BCUT2D eigenvalue weighted by molar-refractivity contribution is 7.89. The molecule has 9 nitrogen and oxygen atoms in total. The second kappa shape index (κ2) is 8.96. The van der Waals surface area contributed by atoms with Gasteiger partial charge in [0.2, 0.25) is 10.0 Å². The minimum atomic E-state index is -3.91. The quantitative estimate of drug-likeness (QED) is 0.412. The summed E-state index contributed by atoms with van der Waals surface area (Å²) in [5.74, 6) is 0.901. The first kappa shape index (κ1) is 21.2. The number of piperazine rings is 1. The molecular formula is C21H23N5O4S. The fourth-order valence-corrected chi connectivity index (χ4v) is 5.32. The molecule has 2 aromatic carbocycles. The number of nitrogens with zero attached hydrogens (tertiary/aromatic N) is 5. The zero-order chi connectivity index (χ0) is 21.8. The van der Waals surface area contributed by atoms with Crippen LogP contribution in [0.1, 0.15) is 0 Å². The van der Waals surface area contributed by atoms with Gasteiger partial charge in [-0.25, -0.2) is 13.4 Å². The first-order valence-corrected chi connectivity index (χ1v) is 11.4. The summed E-state index contributed by atoms with van der Waals surface area (Å²) in [5, 5.41) is 11.2. The number of rotatable bonds is 7.